The van der Waals surface area contributed by atoms with E-state index in [0.717, 1.165) is 17.1 Å². The van der Waals surface area contributed by atoms with Gasteiger partial charge in [0, 0.05) is 11.3 Å². The van der Waals surface area contributed by atoms with Gasteiger partial charge < -0.3 is 5.32 Å². The van der Waals surface area contributed by atoms with E-state index in [1.807, 2.05) is 60.7 Å². The molecule has 0 fully saturated rings. The number of halogens is 1. The predicted octanol–water partition coefficient (Wildman–Crippen LogP) is 5.02. The molecule has 0 saturated carbocycles. The molecule has 2 nitrogen and oxygen atoms in total. The van der Waals surface area contributed by atoms with Crippen LogP contribution in [0.5, 0.6) is 0 Å². The highest BCUT2D eigenvalue weighted by Crippen LogP contribution is 2.16. The Morgan fingerprint density at radius 2 is 1.32 bits per heavy atom. The molecule has 0 aliphatic rings. The van der Waals surface area contributed by atoms with Crippen molar-refractivity contribution < 1.29 is 4.39 Å². The van der Waals surface area contributed by atoms with Gasteiger partial charge in [-0.15, -0.1) is 0 Å². The molecule has 0 aliphatic heterocycles. The second-order valence-corrected chi connectivity index (χ2v) is 4.79. The smallest absolute Gasteiger partial charge is 0.138 e. The molecule has 3 aromatic carbocycles. The number of para-hydroxylation sites is 1. The van der Waals surface area contributed by atoms with Crippen LogP contribution < -0.4 is 5.32 Å². The van der Waals surface area contributed by atoms with E-state index in [9.17, 15) is 4.39 Å². The zero-order chi connectivity index (χ0) is 15.2. The Balaban J connectivity index is 1.97. The normalized spacial score (nSPS) is 11.2. The molecule has 0 saturated heterocycles. The third kappa shape index (κ3) is 3.58. The monoisotopic (exact) mass is 290 g/mol. The molecule has 0 amide bonds. The lowest BCUT2D eigenvalue weighted by molar-refractivity contribution is 0.628. The average molecular weight is 290 g/mol. The largest absolute Gasteiger partial charge is 0.340 e. The van der Waals surface area contributed by atoms with Crippen LogP contribution in [0.4, 0.5) is 15.8 Å². The molecule has 22 heavy (non-hydrogen) atoms. The van der Waals surface area contributed by atoms with Crippen LogP contribution in [0.1, 0.15) is 5.56 Å². The van der Waals surface area contributed by atoms with Gasteiger partial charge in [0.2, 0.25) is 0 Å². The first-order chi connectivity index (χ1) is 10.8. The van der Waals surface area contributed by atoms with Crippen LogP contribution in [0.2, 0.25) is 0 Å². The predicted molar refractivity (Wildman–Crippen MR) is 89.1 cm³/mol. The average Bonchev–Trinajstić information content (AvgIpc) is 2.58. The van der Waals surface area contributed by atoms with Gasteiger partial charge in [0.15, 0.2) is 0 Å². The molecule has 0 aliphatic carbocycles. The number of aliphatic imine (C=N–C) groups is 1. The molecule has 1 N–H and O–H groups in total. The molecule has 0 atom stereocenters. The van der Waals surface area contributed by atoms with E-state index in [0.29, 0.717) is 5.69 Å². The van der Waals surface area contributed by atoms with Gasteiger partial charge in [-0.05, 0) is 36.4 Å². The fourth-order valence-corrected chi connectivity index (χ4v) is 2.06. The maximum atomic E-state index is 13.0. The molecule has 0 radical (unpaired) electrons. The highest BCUT2D eigenvalue weighted by molar-refractivity contribution is 6.09. The summed E-state index contributed by atoms with van der Waals surface area (Å²) in [5, 5.41) is 3.31. The number of hydrogen-bond acceptors (Lipinski definition) is 1. The van der Waals surface area contributed by atoms with Gasteiger partial charge in [0.25, 0.3) is 0 Å². The zero-order valence-corrected chi connectivity index (χ0v) is 11.9. The second-order valence-electron chi connectivity index (χ2n) is 4.79. The summed E-state index contributed by atoms with van der Waals surface area (Å²) in [4.78, 5) is 4.60. The number of benzene rings is 3. The minimum Gasteiger partial charge on any atom is -0.340 e. The third-order valence-electron chi connectivity index (χ3n) is 3.15. The van der Waals surface area contributed by atoms with Gasteiger partial charge in [-0.2, -0.15) is 0 Å². The van der Waals surface area contributed by atoms with Crippen molar-refractivity contribution >= 4 is 17.2 Å². The number of amidine groups is 1. The molecule has 0 heterocycles. The summed E-state index contributed by atoms with van der Waals surface area (Å²) in [6.07, 6.45) is 0. The van der Waals surface area contributed by atoms with Crippen molar-refractivity contribution in [3.05, 3.63) is 96.3 Å². The lowest BCUT2D eigenvalue weighted by Crippen LogP contribution is -2.13. The van der Waals surface area contributed by atoms with Crippen molar-refractivity contribution in [2.75, 3.05) is 5.32 Å². The number of rotatable bonds is 3. The topological polar surface area (TPSA) is 24.4 Å². The van der Waals surface area contributed by atoms with Crippen LogP contribution in [0, 0.1) is 5.82 Å². The van der Waals surface area contributed by atoms with Gasteiger partial charge in [0.05, 0.1) is 5.69 Å². The van der Waals surface area contributed by atoms with Crippen molar-refractivity contribution in [2.45, 2.75) is 0 Å². The lowest BCUT2D eigenvalue weighted by atomic mass is 10.2. The Kier molecular flexibility index (Phi) is 4.25. The summed E-state index contributed by atoms with van der Waals surface area (Å²) in [5.41, 5.74) is 2.62. The molecule has 0 bridgehead atoms. The van der Waals surface area contributed by atoms with Gasteiger partial charge in [-0.1, -0.05) is 48.5 Å². The van der Waals surface area contributed by atoms with E-state index >= 15 is 0 Å². The van der Waals surface area contributed by atoms with E-state index in [1.165, 1.54) is 12.1 Å². The number of nitrogens with zero attached hydrogens (tertiary/aromatic N) is 1. The fourth-order valence-electron chi connectivity index (χ4n) is 2.06. The summed E-state index contributed by atoms with van der Waals surface area (Å²) < 4.78 is 13.0. The minimum atomic E-state index is -0.267. The zero-order valence-electron chi connectivity index (χ0n) is 11.9. The maximum absolute atomic E-state index is 13.0. The first-order valence-electron chi connectivity index (χ1n) is 7.03. The van der Waals surface area contributed by atoms with Gasteiger partial charge in [-0.25, -0.2) is 9.38 Å². The Labute approximate surface area is 129 Å². The molecule has 0 aromatic heterocycles. The maximum Gasteiger partial charge on any atom is 0.138 e. The first kappa shape index (κ1) is 14.0. The number of anilines is 1. The lowest BCUT2D eigenvalue weighted by Gasteiger charge is -2.10. The van der Waals surface area contributed by atoms with Crippen molar-refractivity contribution in [3.63, 3.8) is 0 Å². The number of nitrogens with one attached hydrogen (secondary N) is 1. The molecule has 108 valence electrons. The van der Waals surface area contributed by atoms with E-state index < -0.39 is 0 Å². The van der Waals surface area contributed by atoms with Crippen LogP contribution >= 0.6 is 0 Å². The van der Waals surface area contributed by atoms with Crippen LogP contribution in [0.15, 0.2) is 89.9 Å². The van der Waals surface area contributed by atoms with E-state index in [-0.39, 0.29) is 5.82 Å². The van der Waals surface area contributed by atoms with Crippen molar-refractivity contribution in [1.82, 2.24) is 0 Å². The van der Waals surface area contributed by atoms with Crippen molar-refractivity contribution in [1.29, 1.82) is 0 Å². The van der Waals surface area contributed by atoms with Crippen LogP contribution in [-0.2, 0) is 0 Å². The molecule has 3 rings (SSSR count). The van der Waals surface area contributed by atoms with E-state index in [1.54, 1.807) is 12.1 Å². The third-order valence-corrected chi connectivity index (χ3v) is 3.15. The van der Waals surface area contributed by atoms with Crippen LogP contribution in [0.25, 0.3) is 0 Å². The summed E-state index contributed by atoms with van der Waals surface area (Å²) in [7, 11) is 0. The van der Waals surface area contributed by atoms with E-state index in [4.69, 9.17) is 0 Å². The molecule has 3 aromatic rings. The minimum absolute atomic E-state index is 0.267. The summed E-state index contributed by atoms with van der Waals surface area (Å²) in [6.45, 7) is 0. The van der Waals surface area contributed by atoms with Gasteiger partial charge >= 0.3 is 0 Å². The number of hydrogen-bond donors (Lipinski definition) is 1. The van der Waals surface area contributed by atoms with Crippen molar-refractivity contribution in [2.24, 2.45) is 4.99 Å². The summed E-state index contributed by atoms with van der Waals surface area (Å²) in [6, 6.07) is 25.8. The molecule has 0 spiro atoms. The molecule has 3 heteroatoms. The Hall–Kier alpha value is -2.94. The molecular formula is C19H15FN2. The molecule has 0 unspecified atom stereocenters. The van der Waals surface area contributed by atoms with Gasteiger partial charge in [-0.3, -0.25) is 0 Å². The van der Waals surface area contributed by atoms with Crippen LogP contribution in [0.3, 0.4) is 0 Å². The second kappa shape index (κ2) is 6.68. The highest BCUT2D eigenvalue weighted by atomic mass is 19.1. The Bertz CT molecular complexity index is 750. The van der Waals surface area contributed by atoms with Gasteiger partial charge in [0.1, 0.15) is 11.7 Å². The molecular weight excluding hydrogens is 275 g/mol. The van der Waals surface area contributed by atoms with E-state index in [2.05, 4.69) is 10.3 Å². The van der Waals surface area contributed by atoms with Crippen LogP contribution in [-0.4, -0.2) is 5.84 Å². The quantitative estimate of drug-likeness (QED) is 0.532. The Morgan fingerprint density at radius 3 is 1.95 bits per heavy atom. The summed E-state index contributed by atoms with van der Waals surface area (Å²) >= 11 is 0. The fraction of sp³-hybridized carbons (Fsp3) is 0. The highest BCUT2D eigenvalue weighted by Gasteiger charge is 2.04. The summed E-state index contributed by atoms with van der Waals surface area (Å²) in [5.74, 6) is 0.453. The Morgan fingerprint density at radius 1 is 0.727 bits per heavy atom. The SMILES string of the molecule is Fc1ccc(N=C(Nc2ccccc2)c2ccccc2)cc1. The first-order valence-corrected chi connectivity index (χ1v) is 7.03. The van der Waals surface area contributed by atoms with Crippen molar-refractivity contribution in [3.8, 4) is 0 Å². The standard InChI is InChI=1S/C19H15FN2/c20-16-11-13-18(14-12-16)22-19(15-7-3-1-4-8-15)21-17-9-5-2-6-10-17/h1-14H,(H,21,22).